The number of rotatable bonds is 4. The third kappa shape index (κ3) is 3.31. The first-order valence-electron chi connectivity index (χ1n) is 7.88. The summed E-state index contributed by atoms with van der Waals surface area (Å²) in [6.45, 7) is 1.94. The van der Waals surface area contributed by atoms with Gasteiger partial charge in [-0.25, -0.2) is 0 Å². The highest BCUT2D eigenvalue weighted by molar-refractivity contribution is 7.99. The third-order valence-corrected chi connectivity index (χ3v) is 6.14. The van der Waals surface area contributed by atoms with Gasteiger partial charge in [0.1, 0.15) is 0 Å². The highest BCUT2D eigenvalue weighted by Crippen LogP contribution is 2.43. The SMILES string of the molecule is O=C(O)CC1CSCCN1CC1CCC2(CCCC2)O1. The van der Waals surface area contributed by atoms with Crippen LogP contribution < -0.4 is 0 Å². The van der Waals surface area contributed by atoms with Gasteiger partial charge in [-0.15, -0.1) is 0 Å². The average Bonchev–Trinajstić information content (AvgIpc) is 3.02. The van der Waals surface area contributed by atoms with Crippen molar-refractivity contribution in [2.24, 2.45) is 0 Å². The molecule has 0 amide bonds. The van der Waals surface area contributed by atoms with Crippen molar-refractivity contribution in [1.82, 2.24) is 4.90 Å². The van der Waals surface area contributed by atoms with Crippen molar-refractivity contribution in [3.63, 3.8) is 0 Å². The number of hydrogen-bond acceptors (Lipinski definition) is 4. The van der Waals surface area contributed by atoms with Crippen LogP contribution in [0.1, 0.15) is 44.9 Å². The number of ether oxygens (including phenoxy) is 1. The number of nitrogens with zero attached hydrogens (tertiary/aromatic N) is 1. The Morgan fingerprint density at radius 2 is 2.15 bits per heavy atom. The van der Waals surface area contributed by atoms with Crippen LogP contribution >= 0.6 is 11.8 Å². The molecule has 2 unspecified atom stereocenters. The molecule has 0 bridgehead atoms. The van der Waals surface area contributed by atoms with Crippen molar-refractivity contribution in [2.45, 2.75) is 62.7 Å². The van der Waals surface area contributed by atoms with Gasteiger partial charge in [0, 0.05) is 30.6 Å². The summed E-state index contributed by atoms with van der Waals surface area (Å²) < 4.78 is 6.37. The molecule has 0 radical (unpaired) electrons. The second-order valence-corrected chi connectivity index (χ2v) is 7.64. The van der Waals surface area contributed by atoms with Crippen LogP contribution in [-0.4, -0.2) is 58.3 Å². The summed E-state index contributed by atoms with van der Waals surface area (Å²) in [5.41, 5.74) is 0.192. The smallest absolute Gasteiger partial charge is 0.304 e. The lowest BCUT2D eigenvalue weighted by molar-refractivity contribution is -0.138. The van der Waals surface area contributed by atoms with Gasteiger partial charge in [0.05, 0.1) is 18.1 Å². The Kier molecular flexibility index (Phi) is 4.58. The van der Waals surface area contributed by atoms with E-state index >= 15 is 0 Å². The molecular weight excluding hydrogens is 274 g/mol. The molecule has 2 atom stereocenters. The van der Waals surface area contributed by atoms with Crippen molar-refractivity contribution in [3.05, 3.63) is 0 Å². The Morgan fingerprint density at radius 1 is 1.35 bits per heavy atom. The molecule has 5 heteroatoms. The first-order chi connectivity index (χ1) is 9.67. The van der Waals surface area contributed by atoms with Gasteiger partial charge in [-0.05, 0) is 25.7 Å². The zero-order valence-electron chi connectivity index (χ0n) is 12.1. The first-order valence-corrected chi connectivity index (χ1v) is 9.04. The number of thioether (sulfide) groups is 1. The van der Waals surface area contributed by atoms with Crippen molar-refractivity contribution < 1.29 is 14.6 Å². The molecule has 1 saturated carbocycles. The maximum atomic E-state index is 11.0. The van der Waals surface area contributed by atoms with E-state index in [1.54, 1.807) is 0 Å². The minimum absolute atomic E-state index is 0.190. The lowest BCUT2D eigenvalue weighted by Crippen LogP contribution is -2.47. The molecule has 114 valence electrons. The molecule has 0 aromatic heterocycles. The molecule has 2 saturated heterocycles. The van der Waals surface area contributed by atoms with Crippen molar-refractivity contribution in [2.75, 3.05) is 24.6 Å². The standard InChI is InChI=1S/C15H25NO3S/c17-14(18)9-12-11-20-8-7-16(12)10-13-3-6-15(19-13)4-1-2-5-15/h12-13H,1-11H2,(H,17,18). The van der Waals surface area contributed by atoms with Crippen LogP contribution in [0.15, 0.2) is 0 Å². The highest BCUT2D eigenvalue weighted by atomic mass is 32.2. The Bertz CT molecular complexity index is 357. The van der Waals surface area contributed by atoms with Gasteiger partial charge in [0.25, 0.3) is 0 Å². The van der Waals surface area contributed by atoms with Gasteiger partial charge in [0.2, 0.25) is 0 Å². The van der Waals surface area contributed by atoms with Crippen molar-refractivity contribution in [3.8, 4) is 0 Å². The number of carboxylic acid groups (broad SMARTS) is 1. The maximum absolute atomic E-state index is 11.0. The first kappa shape index (κ1) is 14.7. The van der Waals surface area contributed by atoms with E-state index in [-0.39, 0.29) is 18.1 Å². The Labute approximate surface area is 125 Å². The third-order valence-electron chi connectivity index (χ3n) is 5.05. The second-order valence-electron chi connectivity index (χ2n) is 6.49. The monoisotopic (exact) mass is 299 g/mol. The average molecular weight is 299 g/mol. The fourth-order valence-electron chi connectivity index (χ4n) is 3.99. The molecule has 0 aromatic carbocycles. The molecule has 1 spiro atoms. The maximum Gasteiger partial charge on any atom is 0.304 e. The molecule has 3 fully saturated rings. The number of carboxylic acids is 1. The highest BCUT2D eigenvalue weighted by Gasteiger charge is 2.43. The normalized spacial score (nSPS) is 33.8. The van der Waals surface area contributed by atoms with Gasteiger partial charge in [-0.3, -0.25) is 9.69 Å². The Hall–Kier alpha value is -0.260. The molecule has 1 N–H and O–H groups in total. The van der Waals surface area contributed by atoms with Crippen LogP contribution in [0, 0.1) is 0 Å². The molecular formula is C15H25NO3S. The summed E-state index contributed by atoms with van der Waals surface area (Å²) in [5.74, 6) is 1.39. The Balaban J connectivity index is 1.54. The predicted molar refractivity (Wildman–Crippen MR) is 80.2 cm³/mol. The number of aliphatic carboxylic acids is 1. The van der Waals surface area contributed by atoms with Crippen LogP contribution in [0.3, 0.4) is 0 Å². The lowest BCUT2D eigenvalue weighted by Gasteiger charge is -2.36. The summed E-state index contributed by atoms with van der Waals surface area (Å²) in [5, 5.41) is 9.04. The largest absolute Gasteiger partial charge is 0.481 e. The van der Waals surface area contributed by atoms with Gasteiger partial charge >= 0.3 is 5.97 Å². The molecule has 1 aliphatic carbocycles. The lowest BCUT2D eigenvalue weighted by atomic mass is 9.98. The van der Waals surface area contributed by atoms with Gasteiger partial charge in [0.15, 0.2) is 0 Å². The second kappa shape index (κ2) is 6.24. The van der Waals surface area contributed by atoms with Crippen LogP contribution in [0.4, 0.5) is 0 Å². The van der Waals surface area contributed by atoms with E-state index < -0.39 is 5.97 Å². The van der Waals surface area contributed by atoms with Crippen molar-refractivity contribution in [1.29, 1.82) is 0 Å². The minimum Gasteiger partial charge on any atom is -0.481 e. The summed E-state index contributed by atoms with van der Waals surface area (Å²) in [7, 11) is 0. The van der Waals surface area contributed by atoms with Crippen LogP contribution in [0.25, 0.3) is 0 Å². The van der Waals surface area contributed by atoms with E-state index in [0.717, 1.165) is 31.0 Å². The van der Waals surface area contributed by atoms with Gasteiger partial charge < -0.3 is 9.84 Å². The van der Waals surface area contributed by atoms with E-state index in [9.17, 15) is 4.79 Å². The predicted octanol–water partition coefficient (Wildman–Crippen LogP) is 2.37. The van der Waals surface area contributed by atoms with E-state index in [0.29, 0.717) is 6.10 Å². The fourth-order valence-corrected chi connectivity index (χ4v) is 5.12. The zero-order valence-corrected chi connectivity index (χ0v) is 12.9. The quantitative estimate of drug-likeness (QED) is 0.863. The number of hydrogen-bond donors (Lipinski definition) is 1. The van der Waals surface area contributed by atoms with E-state index in [4.69, 9.17) is 9.84 Å². The summed E-state index contributed by atoms with van der Waals surface area (Å²) in [4.78, 5) is 13.4. The molecule has 3 rings (SSSR count). The molecule has 0 aromatic rings. The van der Waals surface area contributed by atoms with E-state index in [2.05, 4.69) is 4.90 Å². The minimum atomic E-state index is -0.679. The summed E-state index contributed by atoms with van der Waals surface area (Å²) in [6, 6.07) is 0.190. The van der Waals surface area contributed by atoms with E-state index in [1.807, 2.05) is 11.8 Å². The molecule has 2 aliphatic heterocycles. The van der Waals surface area contributed by atoms with Crippen LogP contribution in [0.2, 0.25) is 0 Å². The topological polar surface area (TPSA) is 49.8 Å². The molecule has 4 nitrogen and oxygen atoms in total. The molecule has 3 aliphatic rings. The van der Waals surface area contributed by atoms with Crippen molar-refractivity contribution >= 4 is 17.7 Å². The summed E-state index contributed by atoms with van der Waals surface area (Å²) in [6.07, 6.45) is 8.06. The van der Waals surface area contributed by atoms with E-state index in [1.165, 1.54) is 32.1 Å². The number of carbonyl (C=O) groups is 1. The van der Waals surface area contributed by atoms with Gasteiger partial charge in [-0.2, -0.15) is 11.8 Å². The zero-order chi connectivity index (χ0) is 14.0. The van der Waals surface area contributed by atoms with Crippen LogP contribution in [-0.2, 0) is 9.53 Å². The summed E-state index contributed by atoms with van der Waals surface area (Å²) >= 11 is 1.88. The molecule has 2 heterocycles. The Morgan fingerprint density at radius 3 is 2.90 bits per heavy atom. The molecule has 20 heavy (non-hydrogen) atoms. The van der Waals surface area contributed by atoms with Crippen LogP contribution in [0.5, 0.6) is 0 Å². The van der Waals surface area contributed by atoms with Gasteiger partial charge in [-0.1, -0.05) is 12.8 Å². The fraction of sp³-hybridized carbons (Fsp3) is 0.933.